The van der Waals surface area contributed by atoms with E-state index >= 15 is 0 Å². The number of carbonyl (C=O) groups is 2. The minimum atomic E-state index is -0.144. The van der Waals surface area contributed by atoms with Crippen molar-refractivity contribution in [3.63, 3.8) is 0 Å². The van der Waals surface area contributed by atoms with Gasteiger partial charge in [0.05, 0.1) is 6.54 Å². The van der Waals surface area contributed by atoms with Crippen LogP contribution in [0.4, 0.5) is 11.4 Å². The Bertz CT molecular complexity index is 790. The van der Waals surface area contributed by atoms with Gasteiger partial charge in [-0.15, -0.1) is 0 Å². The first-order chi connectivity index (χ1) is 12.5. The highest BCUT2D eigenvalue weighted by Gasteiger charge is 2.19. The molecule has 26 heavy (non-hydrogen) atoms. The number of benzene rings is 2. The van der Waals surface area contributed by atoms with Gasteiger partial charge in [-0.3, -0.25) is 9.59 Å². The summed E-state index contributed by atoms with van der Waals surface area (Å²) in [6, 6.07) is 13.3. The molecule has 2 amide bonds. The zero-order valence-corrected chi connectivity index (χ0v) is 15.3. The third kappa shape index (κ3) is 4.63. The summed E-state index contributed by atoms with van der Waals surface area (Å²) in [5.41, 5.74) is 4.49. The van der Waals surface area contributed by atoms with Gasteiger partial charge in [-0.2, -0.15) is 0 Å². The number of carbonyl (C=O) groups excluding carboxylic acids is 2. The Labute approximate surface area is 154 Å². The minimum Gasteiger partial charge on any atom is -0.376 e. The molecule has 0 saturated carbocycles. The van der Waals surface area contributed by atoms with E-state index < -0.39 is 0 Å². The van der Waals surface area contributed by atoms with E-state index in [9.17, 15) is 9.59 Å². The van der Waals surface area contributed by atoms with E-state index in [0.29, 0.717) is 11.3 Å². The average molecular weight is 351 g/mol. The van der Waals surface area contributed by atoms with Crippen LogP contribution in [0.3, 0.4) is 0 Å². The molecule has 136 valence electrons. The molecule has 0 unspecified atom stereocenters. The average Bonchev–Trinajstić information content (AvgIpc) is 3.13. The van der Waals surface area contributed by atoms with Crippen LogP contribution >= 0.6 is 0 Å². The van der Waals surface area contributed by atoms with Crippen LogP contribution in [0.2, 0.25) is 0 Å². The number of aryl methyl sites for hydroxylation is 2. The standard InChI is InChI=1S/C21H25N3O2/c1-15-10-16(2)12-19(11-15)22-14-20(25)23-18-7-5-6-17(13-18)21(26)24-8-3-4-9-24/h5-7,10-13,22H,3-4,8-9,14H2,1-2H3,(H,23,25). The first kappa shape index (κ1) is 18.0. The Kier molecular flexibility index (Phi) is 5.56. The number of hydrogen-bond acceptors (Lipinski definition) is 3. The summed E-state index contributed by atoms with van der Waals surface area (Å²) in [7, 11) is 0. The lowest BCUT2D eigenvalue weighted by atomic mass is 10.1. The van der Waals surface area contributed by atoms with Crippen molar-refractivity contribution in [1.82, 2.24) is 4.90 Å². The SMILES string of the molecule is Cc1cc(C)cc(NCC(=O)Nc2cccc(C(=O)N3CCCC3)c2)c1. The van der Waals surface area contributed by atoms with Gasteiger partial charge in [0.1, 0.15) is 0 Å². The molecule has 1 fully saturated rings. The highest BCUT2D eigenvalue weighted by Crippen LogP contribution is 2.17. The fourth-order valence-electron chi connectivity index (χ4n) is 3.30. The molecule has 5 nitrogen and oxygen atoms in total. The molecule has 2 aromatic carbocycles. The molecular weight excluding hydrogens is 326 g/mol. The van der Waals surface area contributed by atoms with Crippen molar-refractivity contribution >= 4 is 23.2 Å². The highest BCUT2D eigenvalue weighted by molar-refractivity contribution is 5.98. The lowest BCUT2D eigenvalue weighted by Gasteiger charge is -2.16. The minimum absolute atomic E-state index is 0.0342. The van der Waals surface area contributed by atoms with Gasteiger partial charge in [0.15, 0.2) is 0 Å². The van der Waals surface area contributed by atoms with Crippen molar-refractivity contribution in [2.45, 2.75) is 26.7 Å². The van der Waals surface area contributed by atoms with Gasteiger partial charge < -0.3 is 15.5 Å². The molecule has 0 aliphatic carbocycles. The molecule has 1 saturated heterocycles. The molecule has 5 heteroatoms. The summed E-state index contributed by atoms with van der Waals surface area (Å²) in [5.74, 6) is -0.109. The molecule has 2 aromatic rings. The van der Waals surface area contributed by atoms with E-state index in [1.165, 1.54) is 0 Å². The topological polar surface area (TPSA) is 61.4 Å². The molecule has 1 aliphatic heterocycles. The van der Waals surface area contributed by atoms with Crippen LogP contribution in [0, 0.1) is 13.8 Å². The third-order valence-corrected chi connectivity index (χ3v) is 4.46. The molecule has 0 radical (unpaired) electrons. The van der Waals surface area contributed by atoms with Gasteiger partial charge in [0, 0.05) is 30.0 Å². The van der Waals surface area contributed by atoms with Gasteiger partial charge in [-0.1, -0.05) is 12.1 Å². The molecule has 1 aliphatic rings. The number of amides is 2. The van der Waals surface area contributed by atoms with Gasteiger partial charge in [0.2, 0.25) is 5.91 Å². The first-order valence-corrected chi connectivity index (χ1v) is 9.02. The number of hydrogen-bond donors (Lipinski definition) is 2. The second-order valence-corrected chi connectivity index (χ2v) is 6.86. The molecule has 0 bridgehead atoms. The van der Waals surface area contributed by atoms with Crippen LogP contribution in [0.5, 0.6) is 0 Å². The highest BCUT2D eigenvalue weighted by atomic mass is 16.2. The van der Waals surface area contributed by atoms with Crippen LogP contribution < -0.4 is 10.6 Å². The zero-order valence-electron chi connectivity index (χ0n) is 15.3. The number of nitrogens with zero attached hydrogens (tertiary/aromatic N) is 1. The maximum Gasteiger partial charge on any atom is 0.253 e. The molecule has 0 spiro atoms. The predicted octanol–water partition coefficient (Wildman–Crippen LogP) is 3.59. The quantitative estimate of drug-likeness (QED) is 0.865. The summed E-state index contributed by atoms with van der Waals surface area (Å²) >= 11 is 0. The third-order valence-electron chi connectivity index (χ3n) is 4.46. The van der Waals surface area contributed by atoms with Crippen LogP contribution in [0.15, 0.2) is 42.5 Å². The second kappa shape index (κ2) is 8.04. The fourth-order valence-corrected chi connectivity index (χ4v) is 3.30. The van der Waals surface area contributed by atoms with E-state index in [1.807, 2.05) is 30.9 Å². The van der Waals surface area contributed by atoms with Crippen molar-refractivity contribution in [2.24, 2.45) is 0 Å². The molecule has 2 N–H and O–H groups in total. The van der Waals surface area contributed by atoms with Crippen molar-refractivity contribution in [2.75, 3.05) is 30.3 Å². The van der Waals surface area contributed by atoms with Crippen LogP contribution in [0.25, 0.3) is 0 Å². The summed E-state index contributed by atoms with van der Waals surface area (Å²) in [4.78, 5) is 26.5. The summed E-state index contributed by atoms with van der Waals surface area (Å²) in [6.07, 6.45) is 2.12. The lowest BCUT2D eigenvalue weighted by molar-refractivity contribution is -0.114. The number of nitrogens with one attached hydrogen (secondary N) is 2. The maximum absolute atomic E-state index is 12.5. The van der Waals surface area contributed by atoms with Gasteiger partial charge in [0.25, 0.3) is 5.91 Å². The number of anilines is 2. The van der Waals surface area contributed by atoms with E-state index in [-0.39, 0.29) is 18.4 Å². The monoisotopic (exact) mass is 351 g/mol. The first-order valence-electron chi connectivity index (χ1n) is 9.02. The van der Waals surface area contributed by atoms with Gasteiger partial charge >= 0.3 is 0 Å². The zero-order chi connectivity index (χ0) is 18.5. The van der Waals surface area contributed by atoms with Crippen LogP contribution in [-0.2, 0) is 4.79 Å². The van der Waals surface area contributed by atoms with E-state index in [2.05, 4.69) is 16.7 Å². The normalized spacial score (nSPS) is 13.5. The van der Waals surface area contributed by atoms with E-state index in [0.717, 1.165) is 42.7 Å². The smallest absolute Gasteiger partial charge is 0.253 e. The Hall–Kier alpha value is -2.82. The maximum atomic E-state index is 12.5. The predicted molar refractivity (Wildman–Crippen MR) is 105 cm³/mol. The van der Waals surface area contributed by atoms with Gasteiger partial charge in [-0.25, -0.2) is 0 Å². The Balaban J connectivity index is 1.58. The summed E-state index contributed by atoms with van der Waals surface area (Å²) < 4.78 is 0. The van der Waals surface area contributed by atoms with Crippen molar-refractivity contribution in [3.8, 4) is 0 Å². The molecular formula is C21H25N3O2. The Morgan fingerprint density at radius 3 is 2.35 bits per heavy atom. The van der Waals surface area contributed by atoms with E-state index in [1.54, 1.807) is 24.3 Å². The van der Waals surface area contributed by atoms with Crippen molar-refractivity contribution in [3.05, 3.63) is 59.2 Å². The largest absolute Gasteiger partial charge is 0.376 e. The Morgan fingerprint density at radius 2 is 1.65 bits per heavy atom. The number of likely N-dealkylation sites (tertiary alicyclic amines) is 1. The van der Waals surface area contributed by atoms with Crippen LogP contribution in [0.1, 0.15) is 34.3 Å². The van der Waals surface area contributed by atoms with Crippen LogP contribution in [-0.4, -0.2) is 36.3 Å². The summed E-state index contributed by atoms with van der Waals surface area (Å²) in [5, 5.41) is 6.00. The molecule has 3 rings (SSSR count). The molecule has 0 aromatic heterocycles. The van der Waals surface area contributed by atoms with Crippen molar-refractivity contribution < 1.29 is 9.59 Å². The lowest BCUT2D eigenvalue weighted by Crippen LogP contribution is -2.27. The number of rotatable bonds is 5. The fraction of sp³-hybridized carbons (Fsp3) is 0.333. The van der Waals surface area contributed by atoms with Crippen molar-refractivity contribution in [1.29, 1.82) is 0 Å². The second-order valence-electron chi connectivity index (χ2n) is 6.86. The van der Waals surface area contributed by atoms with E-state index in [4.69, 9.17) is 0 Å². The molecule has 1 heterocycles. The molecule has 0 atom stereocenters. The van der Waals surface area contributed by atoms with Gasteiger partial charge in [-0.05, 0) is 68.1 Å². The Morgan fingerprint density at radius 1 is 0.962 bits per heavy atom. The summed E-state index contributed by atoms with van der Waals surface area (Å²) in [6.45, 7) is 5.86.